The highest BCUT2D eigenvalue weighted by Gasteiger charge is 2.22. The Morgan fingerprint density at radius 3 is 2.59 bits per heavy atom. The molecule has 2 rings (SSSR count). The van der Waals surface area contributed by atoms with Crippen molar-refractivity contribution in [2.45, 2.75) is 9.92 Å². The Morgan fingerprint density at radius 2 is 1.94 bits per heavy atom. The fraction of sp³-hybridized carbons (Fsp3) is 0. The van der Waals surface area contributed by atoms with E-state index in [0.29, 0.717) is 0 Å². The maximum absolute atomic E-state index is 10.9. The largest absolute Gasteiger partial charge is 0.338 e. The third-order valence-electron chi connectivity index (χ3n) is 1.88. The van der Waals surface area contributed by atoms with Crippen molar-refractivity contribution in [1.82, 2.24) is 9.97 Å². The highest BCUT2D eigenvalue weighted by Crippen LogP contribution is 2.35. The zero-order valence-corrected chi connectivity index (χ0v) is 9.98. The Balaban J connectivity index is 2.40. The van der Waals surface area contributed by atoms with Gasteiger partial charge in [0, 0.05) is 4.90 Å². The van der Waals surface area contributed by atoms with Crippen LogP contribution in [0.3, 0.4) is 0 Å². The van der Waals surface area contributed by atoms with Crippen molar-refractivity contribution >= 4 is 29.1 Å². The summed E-state index contributed by atoms with van der Waals surface area (Å²) in [6.07, 6.45) is 1.21. The molecule has 0 bridgehead atoms. The van der Waals surface area contributed by atoms with Gasteiger partial charge in [-0.05, 0) is 12.1 Å². The minimum absolute atomic E-state index is 0.150. The van der Waals surface area contributed by atoms with E-state index >= 15 is 0 Å². The number of nitro groups is 1. The summed E-state index contributed by atoms with van der Waals surface area (Å²) in [6, 6.07) is 9.23. The molecule has 0 unspecified atom stereocenters. The summed E-state index contributed by atoms with van der Waals surface area (Å²) in [5, 5.41) is 10.9. The summed E-state index contributed by atoms with van der Waals surface area (Å²) < 4.78 is 0. The molecule has 0 N–H and O–H groups in total. The molecule has 0 amide bonds. The third-order valence-corrected chi connectivity index (χ3v) is 3.16. The Bertz CT molecular complexity index is 551. The van der Waals surface area contributed by atoms with E-state index in [9.17, 15) is 10.1 Å². The number of hydrogen-bond acceptors (Lipinski definition) is 5. The molecule has 1 aromatic carbocycles. The summed E-state index contributed by atoms with van der Waals surface area (Å²) >= 11 is 6.86. The van der Waals surface area contributed by atoms with Crippen molar-refractivity contribution in [3.63, 3.8) is 0 Å². The number of benzene rings is 1. The molecule has 0 aliphatic rings. The Kier molecular flexibility index (Phi) is 3.55. The SMILES string of the molecule is O=[N+]([O-])c1c(Cl)ncnc1Sc1ccccc1. The predicted molar refractivity (Wildman–Crippen MR) is 64.3 cm³/mol. The van der Waals surface area contributed by atoms with Gasteiger partial charge < -0.3 is 0 Å². The molecule has 5 nitrogen and oxygen atoms in total. The topological polar surface area (TPSA) is 68.9 Å². The van der Waals surface area contributed by atoms with Crippen LogP contribution in [0.5, 0.6) is 0 Å². The van der Waals surface area contributed by atoms with Crippen LogP contribution in [-0.4, -0.2) is 14.9 Å². The molecular formula is C10H6ClN3O2S. The van der Waals surface area contributed by atoms with Crippen LogP contribution in [0.15, 0.2) is 46.6 Å². The van der Waals surface area contributed by atoms with Gasteiger partial charge >= 0.3 is 5.69 Å². The minimum atomic E-state index is -0.576. The van der Waals surface area contributed by atoms with E-state index in [2.05, 4.69) is 9.97 Å². The monoisotopic (exact) mass is 267 g/mol. The van der Waals surface area contributed by atoms with Gasteiger partial charge in [-0.25, -0.2) is 9.97 Å². The lowest BCUT2D eigenvalue weighted by atomic mass is 10.4. The van der Waals surface area contributed by atoms with Crippen molar-refractivity contribution in [3.8, 4) is 0 Å². The number of nitrogens with zero attached hydrogens (tertiary/aromatic N) is 3. The van der Waals surface area contributed by atoms with Gasteiger partial charge in [0.2, 0.25) is 5.15 Å². The Morgan fingerprint density at radius 1 is 1.24 bits per heavy atom. The van der Waals surface area contributed by atoms with Gasteiger partial charge in [-0.15, -0.1) is 0 Å². The van der Waals surface area contributed by atoms with Crippen molar-refractivity contribution in [2.24, 2.45) is 0 Å². The van der Waals surface area contributed by atoms with Crippen molar-refractivity contribution in [3.05, 3.63) is 51.9 Å². The van der Waals surface area contributed by atoms with Crippen LogP contribution in [0.25, 0.3) is 0 Å². The van der Waals surface area contributed by atoms with Gasteiger partial charge in [-0.2, -0.15) is 0 Å². The summed E-state index contributed by atoms with van der Waals surface area (Å²) in [7, 11) is 0. The molecule has 0 fully saturated rings. The van der Waals surface area contributed by atoms with Gasteiger partial charge in [0.15, 0.2) is 5.03 Å². The van der Waals surface area contributed by atoms with Crippen molar-refractivity contribution in [2.75, 3.05) is 0 Å². The average Bonchev–Trinajstić information content (AvgIpc) is 2.30. The van der Waals surface area contributed by atoms with Crippen LogP contribution in [0.1, 0.15) is 0 Å². The lowest BCUT2D eigenvalue weighted by Gasteiger charge is -2.01. The minimum Gasteiger partial charge on any atom is -0.258 e. The number of aromatic nitrogens is 2. The van der Waals surface area contributed by atoms with Gasteiger partial charge in [0.05, 0.1) is 4.92 Å². The van der Waals surface area contributed by atoms with E-state index in [1.54, 1.807) is 0 Å². The quantitative estimate of drug-likeness (QED) is 0.485. The van der Waals surface area contributed by atoms with Crippen LogP contribution in [0.2, 0.25) is 5.15 Å². The Labute approximate surface area is 106 Å². The first-order chi connectivity index (χ1) is 8.18. The van der Waals surface area contributed by atoms with Crippen LogP contribution in [0, 0.1) is 10.1 Å². The smallest absolute Gasteiger partial charge is 0.258 e. The molecule has 1 aromatic heterocycles. The normalized spacial score (nSPS) is 10.2. The highest BCUT2D eigenvalue weighted by atomic mass is 35.5. The third kappa shape index (κ3) is 2.72. The van der Waals surface area contributed by atoms with Gasteiger partial charge in [-0.1, -0.05) is 41.6 Å². The summed E-state index contributed by atoms with van der Waals surface area (Å²) in [5.41, 5.74) is -0.261. The predicted octanol–water partition coefficient (Wildman–Crippen LogP) is 3.19. The molecule has 0 aliphatic carbocycles. The lowest BCUT2D eigenvalue weighted by molar-refractivity contribution is -0.388. The van der Waals surface area contributed by atoms with E-state index in [0.717, 1.165) is 4.90 Å². The second kappa shape index (κ2) is 5.11. The molecule has 0 aliphatic heterocycles. The second-order valence-electron chi connectivity index (χ2n) is 2.99. The molecule has 17 heavy (non-hydrogen) atoms. The first-order valence-corrected chi connectivity index (χ1v) is 5.75. The fourth-order valence-corrected chi connectivity index (χ4v) is 2.31. The standard InChI is InChI=1S/C10H6ClN3O2S/c11-9-8(14(15)16)10(13-6-12-9)17-7-4-2-1-3-5-7/h1-6H. The van der Waals surface area contributed by atoms with Crippen LogP contribution >= 0.6 is 23.4 Å². The van der Waals surface area contributed by atoms with Crippen molar-refractivity contribution < 1.29 is 4.92 Å². The number of halogens is 1. The first-order valence-electron chi connectivity index (χ1n) is 4.56. The molecule has 0 spiro atoms. The Hall–Kier alpha value is -1.66. The van der Waals surface area contributed by atoms with E-state index in [4.69, 9.17) is 11.6 Å². The number of rotatable bonds is 3. The van der Waals surface area contributed by atoms with E-state index in [1.165, 1.54) is 18.1 Å². The van der Waals surface area contributed by atoms with E-state index in [1.807, 2.05) is 30.3 Å². The molecule has 2 aromatic rings. The van der Waals surface area contributed by atoms with E-state index < -0.39 is 4.92 Å². The average molecular weight is 268 g/mol. The van der Waals surface area contributed by atoms with Gasteiger partial charge in [-0.3, -0.25) is 10.1 Å². The molecule has 1 heterocycles. The molecule has 0 saturated heterocycles. The van der Waals surface area contributed by atoms with Crippen LogP contribution in [0.4, 0.5) is 5.69 Å². The summed E-state index contributed by atoms with van der Waals surface area (Å²) in [5.74, 6) is 0. The van der Waals surface area contributed by atoms with Crippen molar-refractivity contribution in [1.29, 1.82) is 0 Å². The second-order valence-corrected chi connectivity index (χ2v) is 4.41. The highest BCUT2D eigenvalue weighted by molar-refractivity contribution is 7.99. The molecule has 7 heteroatoms. The molecule has 0 atom stereocenters. The summed E-state index contributed by atoms with van der Waals surface area (Å²) in [6.45, 7) is 0. The van der Waals surface area contributed by atoms with Crippen LogP contribution < -0.4 is 0 Å². The number of hydrogen-bond donors (Lipinski definition) is 0. The van der Waals surface area contributed by atoms with E-state index in [-0.39, 0.29) is 15.9 Å². The van der Waals surface area contributed by atoms with Gasteiger partial charge in [0.25, 0.3) is 0 Å². The maximum atomic E-state index is 10.9. The summed E-state index contributed by atoms with van der Waals surface area (Å²) in [4.78, 5) is 18.6. The van der Waals surface area contributed by atoms with Gasteiger partial charge in [0.1, 0.15) is 6.33 Å². The molecule has 86 valence electrons. The maximum Gasteiger partial charge on any atom is 0.338 e. The molecule has 0 saturated carbocycles. The fourth-order valence-electron chi connectivity index (χ4n) is 1.17. The lowest BCUT2D eigenvalue weighted by Crippen LogP contribution is -1.96. The molecular weight excluding hydrogens is 262 g/mol. The first kappa shape index (κ1) is 11.8. The van der Waals surface area contributed by atoms with Crippen LogP contribution in [-0.2, 0) is 0 Å². The zero-order valence-electron chi connectivity index (χ0n) is 8.41. The molecule has 0 radical (unpaired) electrons. The zero-order chi connectivity index (χ0) is 12.3.